The number of carbonyl (C=O) groups is 1. The van der Waals surface area contributed by atoms with Crippen LogP contribution in [-0.4, -0.2) is 17.6 Å². The molecule has 2 aromatic carbocycles. The molecule has 0 heterocycles. The van der Waals surface area contributed by atoms with Gasteiger partial charge in [-0.15, -0.1) is 12.4 Å². The molecule has 0 aliphatic rings. The zero-order valence-corrected chi connectivity index (χ0v) is 14.9. The molecule has 132 valence electrons. The minimum atomic E-state index is -0.911. The van der Waals surface area contributed by atoms with Gasteiger partial charge in [0.2, 0.25) is 0 Å². The van der Waals surface area contributed by atoms with E-state index in [1.54, 1.807) is 30.3 Å². The van der Waals surface area contributed by atoms with E-state index in [2.05, 4.69) is 6.07 Å². The summed E-state index contributed by atoms with van der Waals surface area (Å²) in [6, 6.07) is 14.4. The van der Waals surface area contributed by atoms with Crippen molar-refractivity contribution in [2.24, 2.45) is 5.73 Å². The lowest BCUT2D eigenvalue weighted by Crippen LogP contribution is -2.16. The first-order valence-corrected chi connectivity index (χ1v) is 7.75. The fourth-order valence-electron chi connectivity index (χ4n) is 2.34. The quantitative estimate of drug-likeness (QED) is 0.762. The highest BCUT2D eigenvalue weighted by Crippen LogP contribution is 2.30. The van der Waals surface area contributed by atoms with Crippen LogP contribution in [0.25, 0.3) is 0 Å². The Hall–Kier alpha value is -2.26. The van der Waals surface area contributed by atoms with Crippen LogP contribution in [0.4, 0.5) is 0 Å². The first-order chi connectivity index (χ1) is 11.5. The SMILES string of the molecule is Cl.N#Cc1ccccc1COc1cc([C@H](CN)CC(=O)O)ccc1Cl. The summed E-state index contributed by atoms with van der Waals surface area (Å²) in [5.41, 5.74) is 7.72. The Balaban J connectivity index is 0.00000312. The molecule has 0 fully saturated rings. The number of hydrogen-bond acceptors (Lipinski definition) is 4. The molecule has 0 aliphatic heterocycles. The molecule has 0 saturated carbocycles. The highest BCUT2D eigenvalue weighted by atomic mass is 35.5. The molecular formula is C18H18Cl2N2O3. The number of hydrogen-bond donors (Lipinski definition) is 2. The average molecular weight is 381 g/mol. The lowest BCUT2D eigenvalue weighted by molar-refractivity contribution is -0.137. The van der Waals surface area contributed by atoms with Crippen LogP contribution in [0.3, 0.4) is 0 Å². The monoisotopic (exact) mass is 380 g/mol. The summed E-state index contributed by atoms with van der Waals surface area (Å²) in [6.45, 7) is 0.407. The number of ether oxygens (including phenoxy) is 1. The van der Waals surface area contributed by atoms with Crippen molar-refractivity contribution < 1.29 is 14.6 Å². The number of aliphatic carboxylic acids is 1. The van der Waals surface area contributed by atoms with Gasteiger partial charge in [0.1, 0.15) is 12.4 Å². The van der Waals surface area contributed by atoms with Crippen molar-refractivity contribution in [3.63, 3.8) is 0 Å². The van der Waals surface area contributed by atoms with Gasteiger partial charge in [-0.3, -0.25) is 4.79 Å². The van der Waals surface area contributed by atoms with E-state index in [0.29, 0.717) is 16.3 Å². The summed E-state index contributed by atoms with van der Waals surface area (Å²) in [7, 11) is 0. The van der Waals surface area contributed by atoms with Crippen LogP contribution >= 0.6 is 24.0 Å². The number of rotatable bonds is 7. The number of benzene rings is 2. The summed E-state index contributed by atoms with van der Waals surface area (Å²) in [6.07, 6.45) is -0.0607. The molecule has 0 aliphatic carbocycles. The van der Waals surface area contributed by atoms with E-state index in [9.17, 15) is 4.79 Å². The molecule has 2 rings (SSSR count). The third-order valence-corrected chi connectivity index (χ3v) is 3.97. The van der Waals surface area contributed by atoms with Crippen molar-refractivity contribution >= 4 is 30.0 Å². The Bertz CT molecular complexity index is 775. The normalized spacial score (nSPS) is 11.1. The number of nitriles is 1. The van der Waals surface area contributed by atoms with E-state index in [1.807, 2.05) is 12.1 Å². The Kier molecular flexibility index (Phi) is 8.23. The van der Waals surface area contributed by atoms with Crippen LogP contribution in [0.2, 0.25) is 5.02 Å². The second-order valence-electron chi connectivity index (χ2n) is 5.28. The highest BCUT2D eigenvalue weighted by Gasteiger charge is 2.16. The van der Waals surface area contributed by atoms with E-state index in [0.717, 1.165) is 11.1 Å². The summed E-state index contributed by atoms with van der Waals surface area (Å²) in [5.74, 6) is -0.787. The van der Waals surface area contributed by atoms with Crippen molar-refractivity contribution in [3.8, 4) is 11.8 Å². The summed E-state index contributed by atoms with van der Waals surface area (Å²) in [5, 5.41) is 18.5. The van der Waals surface area contributed by atoms with E-state index >= 15 is 0 Å². The molecule has 1 atom stereocenters. The molecule has 2 aromatic rings. The van der Waals surface area contributed by atoms with Crippen molar-refractivity contribution in [1.82, 2.24) is 0 Å². The zero-order valence-electron chi connectivity index (χ0n) is 13.3. The largest absolute Gasteiger partial charge is 0.487 e. The van der Waals surface area contributed by atoms with E-state index in [4.69, 9.17) is 32.4 Å². The number of carboxylic acid groups (broad SMARTS) is 1. The molecule has 3 N–H and O–H groups in total. The predicted octanol–water partition coefficient (Wildman–Crippen LogP) is 3.73. The topological polar surface area (TPSA) is 96.3 Å². The predicted molar refractivity (Wildman–Crippen MR) is 98.2 cm³/mol. The number of carboxylic acids is 1. The van der Waals surface area contributed by atoms with Gasteiger partial charge in [-0.05, 0) is 30.3 Å². The van der Waals surface area contributed by atoms with Crippen LogP contribution in [0.5, 0.6) is 5.75 Å². The molecular weight excluding hydrogens is 363 g/mol. The van der Waals surface area contributed by atoms with E-state index in [-0.39, 0.29) is 37.9 Å². The molecule has 5 nitrogen and oxygen atoms in total. The minimum absolute atomic E-state index is 0. The Morgan fingerprint density at radius 1 is 1.32 bits per heavy atom. The molecule has 0 radical (unpaired) electrons. The maximum absolute atomic E-state index is 10.9. The van der Waals surface area contributed by atoms with Crippen LogP contribution in [0, 0.1) is 11.3 Å². The molecule has 7 heteroatoms. The summed E-state index contributed by atoms with van der Waals surface area (Å²) < 4.78 is 5.73. The van der Waals surface area contributed by atoms with Gasteiger partial charge >= 0.3 is 5.97 Å². The number of nitrogens with zero attached hydrogens (tertiary/aromatic N) is 1. The standard InChI is InChI=1S/C18H17ClN2O3.ClH/c19-16-6-5-12(15(10-21)8-18(22)23)7-17(16)24-11-14-4-2-1-3-13(14)9-20;/h1-7,15H,8,10-11,21H2,(H,22,23);1H/t15-;/m0./s1. The number of halogens is 2. The van der Waals surface area contributed by atoms with Gasteiger partial charge in [0, 0.05) is 11.5 Å². The van der Waals surface area contributed by atoms with Gasteiger partial charge in [0.25, 0.3) is 0 Å². The fourth-order valence-corrected chi connectivity index (χ4v) is 2.52. The second kappa shape index (κ2) is 9.90. The summed E-state index contributed by atoms with van der Waals surface area (Å²) >= 11 is 6.15. The zero-order chi connectivity index (χ0) is 17.5. The maximum Gasteiger partial charge on any atom is 0.304 e. The van der Waals surface area contributed by atoms with Gasteiger partial charge < -0.3 is 15.6 Å². The minimum Gasteiger partial charge on any atom is -0.487 e. The Labute approximate surface area is 157 Å². The molecule has 0 spiro atoms. The van der Waals surface area contributed by atoms with E-state index in [1.165, 1.54) is 0 Å². The first-order valence-electron chi connectivity index (χ1n) is 7.37. The maximum atomic E-state index is 10.9. The fraction of sp³-hybridized carbons (Fsp3) is 0.222. The van der Waals surface area contributed by atoms with Crippen molar-refractivity contribution in [1.29, 1.82) is 5.26 Å². The lowest BCUT2D eigenvalue weighted by atomic mass is 9.96. The molecule has 25 heavy (non-hydrogen) atoms. The van der Waals surface area contributed by atoms with Gasteiger partial charge in [0.15, 0.2) is 0 Å². The first kappa shape index (κ1) is 20.8. The Morgan fingerprint density at radius 3 is 2.68 bits per heavy atom. The van der Waals surface area contributed by atoms with Gasteiger partial charge in [-0.25, -0.2) is 0 Å². The molecule has 0 saturated heterocycles. The van der Waals surface area contributed by atoms with Crippen molar-refractivity contribution in [2.75, 3.05) is 6.54 Å². The third-order valence-electron chi connectivity index (χ3n) is 3.65. The molecule has 0 aromatic heterocycles. The molecule has 0 unspecified atom stereocenters. The highest BCUT2D eigenvalue weighted by molar-refractivity contribution is 6.32. The van der Waals surface area contributed by atoms with Crippen LogP contribution in [0.1, 0.15) is 29.0 Å². The Morgan fingerprint density at radius 2 is 2.04 bits per heavy atom. The van der Waals surface area contributed by atoms with Crippen molar-refractivity contribution in [2.45, 2.75) is 18.9 Å². The van der Waals surface area contributed by atoms with Gasteiger partial charge in [0.05, 0.1) is 23.1 Å². The van der Waals surface area contributed by atoms with Crippen LogP contribution in [0.15, 0.2) is 42.5 Å². The summed E-state index contributed by atoms with van der Waals surface area (Å²) in [4.78, 5) is 10.9. The van der Waals surface area contributed by atoms with Crippen molar-refractivity contribution in [3.05, 3.63) is 64.2 Å². The smallest absolute Gasteiger partial charge is 0.304 e. The lowest BCUT2D eigenvalue weighted by Gasteiger charge is -2.16. The van der Waals surface area contributed by atoms with Gasteiger partial charge in [-0.2, -0.15) is 5.26 Å². The number of nitrogens with two attached hydrogens (primary N) is 1. The van der Waals surface area contributed by atoms with Gasteiger partial charge in [-0.1, -0.05) is 35.9 Å². The van der Waals surface area contributed by atoms with E-state index < -0.39 is 5.97 Å². The second-order valence-corrected chi connectivity index (χ2v) is 5.69. The average Bonchev–Trinajstić information content (AvgIpc) is 2.59. The molecule has 0 bridgehead atoms. The van der Waals surface area contributed by atoms with Crippen LogP contribution in [-0.2, 0) is 11.4 Å². The van der Waals surface area contributed by atoms with Crippen LogP contribution < -0.4 is 10.5 Å². The third kappa shape index (κ3) is 5.64. The molecule has 0 amide bonds.